The van der Waals surface area contributed by atoms with Gasteiger partial charge in [-0.25, -0.2) is 0 Å². The Balaban J connectivity index is 2.68. The summed E-state index contributed by atoms with van der Waals surface area (Å²) < 4.78 is 10.2. The Bertz CT molecular complexity index is 531. The molecule has 0 saturated carbocycles. The molecule has 0 aliphatic carbocycles. The van der Waals surface area contributed by atoms with Gasteiger partial charge >= 0.3 is 5.69 Å². The van der Waals surface area contributed by atoms with E-state index < -0.39 is 10.5 Å². The molecule has 21 heavy (non-hydrogen) atoms. The predicted octanol–water partition coefficient (Wildman–Crippen LogP) is 0.836. The highest BCUT2D eigenvalue weighted by molar-refractivity contribution is 5.78. The summed E-state index contributed by atoms with van der Waals surface area (Å²) in [5, 5.41) is 13.5. The number of nitro benzene ring substituents is 1. The van der Waals surface area contributed by atoms with Crippen LogP contribution in [0.5, 0.6) is 11.5 Å². The number of carbonyl (C=O) groups excluding carboxylic acids is 1. The fourth-order valence-electron chi connectivity index (χ4n) is 1.51. The fourth-order valence-corrected chi connectivity index (χ4v) is 1.51. The van der Waals surface area contributed by atoms with Crippen LogP contribution in [0.2, 0.25) is 0 Å². The monoisotopic (exact) mass is 297 g/mol. The molecule has 116 valence electrons. The lowest BCUT2D eigenvalue weighted by atomic mass is 10.1. The van der Waals surface area contributed by atoms with Gasteiger partial charge in [-0.15, -0.1) is 0 Å². The molecule has 0 bridgehead atoms. The van der Waals surface area contributed by atoms with E-state index in [-0.39, 0.29) is 24.0 Å². The highest BCUT2D eigenvalue weighted by atomic mass is 16.6. The molecular formula is C13H19N3O5. The number of hydrogen-bond acceptors (Lipinski definition) is 6. The second-order valence-corrected chi connectivity index (χ2v) is 5.02. The maximum absolute atomic E-state index is 11.7. The van der Waals surface area contributed by atoms with Crippen LogP contribution in [-0.2, 0) is 4.79 Å². The molecule has 0 aliphatic heterocycles. The smallest absolute Gasteiger partial charge is 0.311 e. The van der Waals surface area contributed by atoms with Crippen LogP contribution in [-0.4, -0.2) is 36.6 Å². The Hall–Kier alpha value is -2.35. The van der Waals surface area contributed by atoms with Crippen molar-refractivity contribution in [3.63, 3.8) is 0 Å². The van der Waals surface area contributed by atoms with E-state index in [2.05, 4.69) is 5.32 Å². The van der Waals surface area contributed by atoms with Crippen LogP contribution in [0, 0.1) is 10.1 Å². The minimum atomic E-state index is -0.556. The lowest BCUT2D eigenvalue weighted by Crippen LogP contribution is -2.50. The van der Waals surface area contributed by atoms with E-state index in [1.807, 2.05) is 0 Å². The molecule has 1 amide bonds. The molecule has 1 aromatic carbocycles. The first-order chi connectivity index (χ1) is 9.79. The molecule has 0 atom stereocenters. The zero-order chi connectivity index (χ0) is 16.0. The van der Waals surface area contributed by atoms with Gasteiger partial charge in [0, 0.05) is 24.2 Å². The molecule has 0 aromatic heterocycles. The third kappa shape index (κ3) is 4.92. The Morgan fingerprint density at radius 3 is 2.67 bits per heavy atom. The van der Waals surface area contributed by atoms with Gasteiger partial charge in [0.05, 0.1) is 12.0 Å². The molecule has 1 rings (SSSR count). The van der Waals surface area contributed by atoms with Crippen LogP contribution >= 0.6 is 0 Å². The summed E-state index contributed by atoms with van der Waals surface area (Å²) in [6, 6.07) is 4.03. The summed E-state index contributed by atoms with van der Waals surface area (Å²) in [6.45, 7) is 3.66. The quantitative estimate of drug-likeness (QED) is 0.569. The van der Waals surface area contributed by atoms with Crippen LogP contribution in [0.4, 0.5) is 5.69 Å². The largest absolute Gasteiger partial charge is 0.490 e. The Labute approximate surface area is 122 Å². The maximum atomic E-state index is 11.7. The molecule has 3 N–H and O–H groups in total. The number of carbonyl (C=O) groups is 1. The van der Waals surface area contributed by atoms with Crippen molar-refractivity contribution in [3.05, 3.63) is 28.3 Å². The minimum absolute atomic E-state index is 0.0696. The van der Waals surface area contributed by atoms with E-state index in [4.69, 9.17) is 15.2 Å². The molecule has 0 aliphatic rings. The second-order valence-electron chi connectivity index (χ2n) is 5.02. The van der Waals surface area contributed by atoms with Crippen molar-refractivity contribution < 1.29 is 19.2 Å². The number of nitro groups is 1. The zero-order valence-corrected chi connectivity index (χ0v) is 12.2. The number of rotatable bonds is 7. The van der Waals surface area contributed by atoms with E-state index in [1.165, 1.54) is 25.3 Å². The summed E-state index contributed by atoms with van der Waals surface area (Å²) in [5.74, 6) is 0.0427. The van der Waals surface area contributed by atoms with Gasteiger partial charge in [-0.1, -0.05) is 0 Å². The normalized spacial score (nSPS) is 10.9. The molecular weight excluding hydrogens is 278 g/mol. The fraction of sp³-hybridized carbons (Fsp3) is 0.462. The average Bonchev–Trinajstić information content (AvgIpc) is 2.44. The third-order valence-corrected chi connectivity index (χ3v) is 2.71. The number of methoxy groups -OCH3 is 1. The molecule has 0 fully saturated rings. The van der Waals surface area contributed by atoms with E-state index in [0.717, 1.165) is 0 Å². The van der Waals surface area contributed by atoms with Gasteiger partial charge in [0.2, 0.25) is 5.75 Å². The molecule has 0 unspecified atom stereocenters. The van der Waals surface area contributed by atoms with Crippen molar-refractivity contribution in [2.24, 2.45) is 5.73 Å². The zero-order valence-electron chi connectivity index (χ0n) is 12.2. The first-order valence-electron chi connectivity index (χ1n) is 6.25. The van der Waals surface area contributed by atoms with E-state index in [0.29, 0.717) is 12.3 Å². The first-order valence-corrected chi connectivity index (χ1v) is 6.25. The Morgan fingerprint density at radius 1 is 1.48 bits per heavy atom. The number of nitrogens with zero attached hydrogens (tertiary/aromatic N) is 1. The van der Waals surface area contributed by atoms with Crippen LogP contribution in [0.3, 0.4) is 0 Å². The van der Waals surface area contributed by atoms with Crippen molar-refractivity contribution in [1.29, 1.82) is 0 Å². The summed E-state index contributed by atoms with van der Waals surface area (Å²) in [4.78, 5) is 21.9. The van der Waals surface area contributed by atoms with Crippen molar-refractivity contribution in [3.8, 4) is 11.5 Å². The van der Waals surface area contributed by atoms with E-state index in [9.17, 15) is 14.9 Å². The van der Waals surface area contributed by atoms with Gasteiger partial charge in [0.25, 0.3) is 5.91 Å². The topological polar surface area (TPSA) is 117 Å². The van der Waals surface area contributed by atoms with Crippen LogP contribution < -0.4 is 20.5 Å². The molecule has 8 heteroatoms. The van der Waals surface area contributed by atoms with Crippen molar-refractivity contribution in [1.82, 2.24) is 5.32 Å². The molecule has 8 nitrogen and oxygen atoms in total. The van der Waals surface area contributed by atoms with Crippen LogP contribution in [0.15, 0.2) is 18.2 Å². The van der Waals surface area contributed by atoms with Crippen molar-refractivity contribution >= 4 is 11.6 Å². The third-order valence-electron chi connectivity index (χ3n) is 2.71. The molecule has 0 heterocycles. The Kier molecular flexibility index (Phi) is 5.48. The van der Waals surface area contributed by atoms with Gasteiger partial charge in [0.1, 0.15) is 5.75 Å². The number of benzene rings is 1. The summed E-state index contributed by atoms with van der Waals surface area (Å²) in [7, 11) is 1.32. The maximum Gasteiger partial charge on any atom is 0.311 e. The first kappa shape index (κ1) is 16.7. The van der Waals surface area contributed by atoms with Crippen molar-refractivity contribution in [2.45, 2.75) is 19.4 Å². The molecule has 0 spiro atoms. The lowest BCUT2D eigenvalue weighted by Gasteiger charge is -2.24. The van der Waals surface area contributed by atoms with E-state index >= 15 is 0 Å². The average molecular weight is 297 g/mol. The SMILES string of the molecule is COc1cc(OCC(=O)NC(C)(C)CN)ccc1[N+](=O)[O-]. The Morgan fingerprint density at radius 2 is 2.14 bits per heavy atom. The number of amides is 1. The van der Waals surface area contributed by atoms with Gasteiger partial charge in [-0.2, -0.15) is 0 Å². The number of nitrogens with one attached hydrogen (secondary N) is 1. The summed E-state index contributed by atoms with van der Waals surface area (Å²) in [5.41, 5.74) is 4.82. The van der Waals surface area contributed by atoms with Crippen molar-refractivity contribution in [2.75, 3.05) is 20.3 Å². The summed E-state index contributed by atoms with van der Waals surface area (Å²) in [6.07, 6.45) is 0. The number of hydrogen-bond donors (Lipinski definition) is 2. The molecule has 1 aromatic rings. The van der Waals surface area contributed by atoms with Crippen LogP contribution in [0.1, 0.15) is 13.8 Å². The minimum Gasteiger partial charge on any atom is -0.490 e. The highest BCUT2D eigenvalue weighted by Gasteiger charge is 2.19. The molecule has 0 saturated heterocycles. The van der Waals surface area contributed by atoms with Gasteiger partial charge in [-0.3, -0.25) is 14.9 Å². The molecule has 0 radical (unpaired) electrons. The number of nitrogens with two attached hydrogens (primary N) is 1. The predicted molar refractivity (Wildman–Crippen MR) is 76.4 cm³/mol. The van der Waals surface area contributed by atoms with E-state index in [1.54, 1.807) is 13.8 Å². The number of ether oxygens (including phenoxy) is 2. The van der Waals surface area contributed by atoms with Gasteiger partial charge in [-0.05, 0) is 19.9 Å². The second kappa shape index (κ2) is 6.89. The highest BCUT2D eigenvalue weighted by Crippen LogP contribution is 2.30. The van der Waals surface area contributed by atoms with Crippen LogP contribution in [0.25, 0.3) is 0 Å². The lowest BCUT2D eigenvalue weighted by molar-refractivity contribution is -0.385. The standard InChI is InChI=1S/C13H19N3O5/c1-13(2,8-14)15-12(17)7-21-9-4-5-10(16(18)19)11(6-9)20-3/h4-6H,7-8,14H2,1-3H3,(H,15,17). The van der Waals surface area contributed by atoms with Gasteiger partial charge in [0.15, 0.2) is 6.61 Å². The summed E-state index contributed by atoms with van der Waals surface area (Å²) >= 11 is 0. The van der Waals surface area contributed by atoms with Gasteiger partial charge < -0.3 is 20.5 Å².